The molecular formula is C61H39NO. The zero-order valence-electron chi connectivity index (χ0n) is 34.4. The van der Waals surface area contributed by atoms with Crippen molar-refractivity contribution < 1.29 is 4.42 Å². The van der Waals surface area contributed by atoms with E-state index < -0.39 is 5.41 Å². The highest BCUT2D eigenvalue weighted by Gasteiger charge is 2.52. The summed E-state index contributed by atoms with van der Waals surface area (Å²) in [7, 11) is 0. The second kappa shape index (κ2) is 13.9. The van der Waals surface area contributed by atoms with Gasteiger partial charge in [0.05, 0.1) is 11.1 Å². The summed E-state index contributed by atoms with van der Waals surface area (Å²) in [6.07, 6.45) is 0. The van der Waals surface area contributed by atoms with E-state index in [1.807, 2.05) is 6.07 Å². The minimum atomic E-state index is -0.540. The monoisotopic (exact) mass is 801 g/mol. The molecule has 10 aromatic carbocycles. The first kappa shape index (κ1) is 35.5. The zero-order valence-corrected chi connectivity index (χ0v) is 34.4. The van der Waals surface area contributed by atoms with Gasteiger partial charge in [-0.05, 0) is 114 Å². The number of furan rings is 1. The lowest BCUT2D eigenvalue weighted by Crippen LogP contribution is -2.26. The van der Waals surface area contributed by atoms with Crippen molar-refractivity contribution in [1.29, 1.82) is 0 Å². The van der Waals surface area contributed by atoms with E-state index >= 15 is 0 Å². The van der Waals surface area contributed by atoms with Crippen molar-refractivity contribution in [3.05, 3.63) is 259 Å². The number of rotatable bonds is 6. The van der Waals surface area contributed by atoms with Crippen LogP contribution in [0.5, 0.6) is 0 Å². The molecule has 11 aromatic rings. The summed E-state index contributed by atoms with van der Waals surface area (Å²) >= 11 is 0. The van der Waals surface area contributed by atoms with Crippen LogP contribution in [0.3, 0.4) is 0 Å². The van der Waals surface area contributed by atoms with Crippen molar-refractivity contribution in [2.75, 3.05) is 4.90 Å². The molecule has 0 saturated carbocycles. The number of fused-ring (bicyclic) bond motifs is 13. The van der Waals surface area contributed by atoms with E-state index in [2.05, 4.69) is 235 Å². The van der Waals surface area contributed by atoms with Gasteiger partial charge in [0.1, 0.15) is 5.58 Å². The molecule has 0 atom stereocenters. The molecule has 2 heteroatoms. The standard InChI is InChI=1S/C61H39NO/c1-3-15-40(16-4-1)42-29-31-44(32-30-42)47-22-13-26-55-59(47)52-38-37-46(39-56(52)61(55)53-24-10-7-19-48(53)49-20-8-11-25-54(49)61)62(45-35-33-43(34-36-45)41-17-5-2-6-18-41)57-27-14-23-51-50-21-9-12-28-58(50)63-60(51)57/h1-39H. The first-order valence-electron chi connectivity index (χ1n) is 21.8. The fourth-order valence-corrected chi connectivity index (χ4v) is 10.8. The van der Waals surface area contributed by atoms with Crippen LogP contribution in [0, 0.1) is 0 Å². The molecule has 0 fully saturated rings. The highest BCUT2D eigenvalue weighted by molar-refractivity contribution is 6.10. The van der Waals surface area contributed by atoms with E-state index in [1.54, 1.807) is 0 Å². The van der Waals surface area contributed by atoms with Crippen LogP contribution < -0.4 is 4.90 Å². The van der Waals surface area contributed by atoms with Crippen molar-refractivity contribution in [3.63, 3.8) is 0 Å². The molecule has 0 bridgehead atoms. The normalized spacial score (nSPS) is 12.9. The van der Waals surface area contributed by atoms with Crippen molar-refractivity contribution in [1.82, 2.24) is 0 Å². The van der Waals surface area contributed by atoms with E-state index in [1.165, 1.54) is 77.9 Å². The topological polar surface area (TPSA) is 16.4 Å². The van der Waals surface area contributed by atoms with Crippen LogP contribution in [-0.2, 0) is 5.41 Å². The lowest BCUT2D eigenvalue weighted by Gasteiger charge is -2.32. The molecular weight excluding hydrogens is 763 g/mol. The molecule has 0 N–H and O–H groups in total. The van der Waals surface area contributed by atoms with Gasteiger partial charge in [0.2, 0.25) is 0 Å². The quantitative estimate of drug-likeness (QED) is 0.167. The van der Waals surface area contributed by atoms with Crippen LogP contribution in [0.1, 0.15) is 22.3 Å². The number of anilines is 3. The molecule has 0 aliphatic heterocycles. The molecule has 2 nitrogen and oxygen atoms in total. The number of hydrogen-bond acceptors (Lipinski definition) is 2. The summed E-state index contributed by atoms with van der Waals surface area (Å²) in [4.78, 5) is 2.40. The Morgan fingerprint density at radius 1 is 0.317 bits per heavy atom. The Bertz CT molecular complexity index is 3500. The molecule has 0 amide bonds. The maximum atomic E-state index is 6.79. The summed E-state index contributed by atoms with van der Waals surface area (Å²) in [6.45, 7) is 0. The van der Waals surface area contributed by atoms with Gasteiger partial charge in [0, 0.05) is 22.1 Å². The van der Waals surface area contributed by atoms with E-state index in [4.69, 9.17) is 4.42 Å². The Hall–Kier alpha value is -8.20. The van der Waals surface area contributed by atoms with Gasteiger partial charge >= 0.3 is 0 Å². The summed E-state index contributed by atoms with van der Waals surface area (Å²) in [5.74, 6) is 0. The SMILES string of the molecule is c1ccc(-c2ccc(-c3cccc4c3-c3ccc(N(c5ccc(-c6ccccc6)cc5)c5cccc6c5oc5ccccc56)cc3C43c4ccccc4-c4ccccc43)cc2)cc1. The molecule has 1 spiro atoms. The van der Waals surface area contributed by atoms with Gasteiger partial charge in [0.15, 0.2) is 5.58 Å². The first-order chi connectivity index (χ1) is 31.3. The molecule has 0 radical (unpaired) electrons. The summed E-state index contributed by atoms with van der Waals surface area (Å²) < 4.78 is 6.79. The maximum Gasteiger partial charge on any atom is 0.159 e. The third kappa shape index (κ3) is 5.25. The molecule has 2 aliphatic rings. The fraction of sp³-hybridized carbons (Fsp3) is 0.0164. The van der Waals surface area contributed by atoms with Gasteiger partial charge in [-0.3, -0.25) is 0 Å². The Labute approximate surface area is 366 Å². The van der Waals surface area contributed by atoms with E-state index in [9.17, 15) is 0 Å². The van der Waals surface area contributed by atoms with Gasteiger partial charge in [-0.15, -0.1) is 0 Å². The molecule has 294 valence electrons. The highest BCUT2D eigenvalue weighted by atomic mass is 16.3. The molecule has 0 saturated heterocycles. The maximum absolute atomic E-state index is 6.79. The molecule has 1 aromatic heterocycles. The van der Waals surface area contributed by atoms with Gasteiger partial charge < -0.3 is 9.32 Å². The van der Waals surface area contributed by atoms with Crippen molar-refractivity contribution in [2.24, 2.45) is 0 Å². The summed E-state index contributed by atoms with van der Waals surface area (Å²) in [6, 6.07) is 86.5. The van der Waals surface area contributed by atoms with Gasteiger partial charge in [0.25, 0.3) is 0 Å². The molecule has 0 unspecified atom stereocenters. The number of nitrogens with zero attached hydrogens (tertiary/aromatic N) is 1. The average molecular weight is 802 g/mol. The predicted octanol–water partition coefficient (Wildman–Crippen LogP) is 16.4. The second-order valence-corrected chi connectivity index (χ2v) is 16.7. The van der Waals surface area contributed by atoms with Crippen LogP contribution in [-0.4, -0.2) is 0 Å². The molecule has 1 heterocycles. The van der Waals surface area contributed by atoms with Crippen molar-refractivity contribution in [3.8, 4) is 55.6 Å². The first-order valence-corrected chi connectivity index (χ1v) is 21.8. The number of benzene rings is 10. The zero-order chi connectivity index (χ0) is 41.5. The van der Waals surface area contributed by atoms with Crippen LogP contribution in [0.2, 0.25) is 0 Å². The lowest BCUT2D eigenvalue weighted by molar-refractivity contribution is 0.669. The Morgan fingerprint density at radius 2 is 0.825 bits per heavy atom. The average Bonchev–Trinajstić information content (AvgIpc) is 3.99. The van der Waals surface area contributed by atoms with Gasteiger partial charge in [-0.1, -0.05) is 200 Å². The van der Waals surface area contributed by atoms with Crippen LogP contribution in [0.25, 0.3) is 77.6 Å². The van der Waals surface area contributed by atoms with Gasteiger partial charge in [-0.25, -0.2) is 0 Å². The number of hydrogen-bond donors (Lipinski definition) is 0. The fourth-order valence-electron chi connectivity index (χ4n) is 10.8. The van der Waals surface area contributed by atoms with E-state index in [0.717, 1.165) is 39.0 Å². The second-order valence-electron chi connectivity index (χ2n) is 16.7. The van der Waals surface area contributed by atoms with Crippen LogP contribution in [0.15, 0.2) is 241 Å². The summed E-state index contributed by atoms with van der Waals surface area (Å²) in [5, 5.41) is 2.21. The smallest absolute Gasteiger partial charge is 0.159 e. The van der Waals surface area contributed by atoms with Gasteiger partial charge in [-0.2, -0.15) is 0 Å². The molecule has 63 heavy (non-hydrogen) atoms. The van der Waals surface area contributed by atoms with Crippen LogP contribution >= 0.6 is 0 Å². The lowest BCUT2D eigenvalue weighted by atomic mass is 9.70. The Kier molecular flexibility index (Phi) is 7.85. The Morgan fingerprint density at radius 3 is 1.52 bits per heavy atom. The van der Waals surface area contributed by atoms with Crippen molar-refractivity contribution in [2.45, 2.75) is 5.41 Å². The minimum absolute atomic E-state index is 0.540. The molecule has 2 aliphatic carbocycles. The largest absolute Gasteiger partial charge is 0.454 e. The van der Waals surface area contributed by atoms with Crippen molar-refractivity contribution >= 4 is 39.0 Å². The summed E-state index contributed by atoms with van der Waals surface area (Å²) in [5.41, 5.74) is 21.9. The third-order valence-corrected chi connectivity index (χ3v) is 13.5. The Balaban J connectivity index is 1.07. The van der Waals surface area contributed by atoms with E-state index in [0.29, 0.717) is 0 Å². The third-order valence-electron chi connectivity index (χ3n) is 13.5. The van der Waals surface area contributed by atoms with E-state index in [-0.39, 0.29) is 0 Å². The van der Waals surface area contributed by atoms with Crippen LogP contribution in [0.4, 0.5) is 17.1 Å². The highest BCUT2D eigenvalue weighted by Crippen LogP contribution is 2.64. The molecule has 13 rings (SSSR count). The number of para-hydroxylation sites is 2. The minimum Gasteiger partial charge on any atom is -0.454 e. The predicted molar refractivity (Wildman–Crippen MR) is 261 cm³/mol.